The van der Waals surface area contributed by atoms with Gasteiger partial charge in [-0.1, -0.05) is 43.8 Å². The van der Waals surface area contributed by atoms with Gasteiger partial charge in [0.2, 0.25) is 5.91 Å². The average molecular weight is 287 g/mol. The second-order valence-corrected chi connectivity index (χ2v) is 5.63. The number of carbonyl (C=O) groups is 1. The molecule has 0 bridgehead atoms. The minimum atomic E-state index is -0.0362. The fourth-order valence-corrected chi connectivity index (χ4v) is 2.28. The molecule has 4 nitrogen and oxygen atoms in total. The zero-order valence-electron chi connectivity index (χ0n) is 11.5. The van der Waals surface area contributed by atoms with Crippen LogP contribution in [0.2, 0.25) is 0 Å². The van der Waals surface area contributed by atoms with Gasteiger partial charge in [-0.2, -0.15) is 0 Å². The Morgan fingerprint density at radius 2 is 2.00 bits per heavy atom. The predicted molar refractivity (Wildman–Crippen MR) is 81.9 cm³/mol. The van der Waals surface area contributed by atoms with Gasteiger partial charge in [-0.25, -0.2) is 9.97 Å². The monoisotopic (exact) mass is 287 g/mol. The molecular formula is C15H17N3OS. The number of para-hydroxylation sites is 1. The number of benzene rings is 1. The summed E-state index contributed by atoms with van der Waals surface area (Å²) < 4.78 is 0. The van der Waals surface area contributed by atoms with Crippen molar-refractivity contribution in [1.82, 2.24) is 9.97 Å². The summed E-state index contributed by atoms with van der Waals surface area (Å²) in [7, 11) is 0. The zero-order chi connectivity index (χ0) is 14.4. The quantitative estimate of drug-likeness (QED) is 0.677. The summed E-state index contributed by atoms with van der Waals surface area (Å²) in [4.78, 5) is 20.2. The molecule has 1 heterocycles. The fourth-order valence-electron chi connectivity index (χ4n) is 1.61. The molecule has 2 aromatic rings. The summed E-state index contributed by atoms with van der Waals surface area (Å²) in [6.45, 7) is 4.16. The van der Waals surface area contributed by atoms with Crippen molar-refractivity contribution >= 4 is 23.4 Å². The maximum Gasteiger partial charge on any atom is 0.234 e. The van der Waals surface area contributed by atoms with E-state index in [1.165, 1.54) is 11.8 Å². The molecule has 0 radical (unpaired) electrons. The van der Waals surface area contributed by atoms with E-state index in [4.69, 9.17) is 0 Å². The molecule has 0 atom stereocenters. The van der Waals surface area contributed by atoms with Gasteiger partial charge in [0.25, 0.3) is 0 Å². The lowest BCUT2D eigenvalue weighted by Crippen LogP contribution is -2.14. The molecule has 0 aliphatic carbocycles. The summed E-state index contributed by atoms with van der Waals surface area (Å²) in [5, 5.41) is 3.67. The molecule has 1 aromatic carbocycles. The summed E-state index contributed by atoms with van der Waals surface area (Å²) in [5.74, 6) is 0.657. The van der Waals surface area contributed by atoms with E-state index < -0.39 is 0 Å². The number of nitrogens with one attached hydrogen (secondary N) is 1. The number of hydrogen-bond acceptors (Lipinski definition) is 4. The first-order valence-corrected chi connectivity index (χ1v) is 7.43. The lowest BCUT2D eigenvalue weighted by Gasteiger charge is -2.06. The average Bonchev–Trinajstić information content (AvgIpc) is 2.46. The van der Waals surface area contributed by atoms with E-state index in [9.17, 15) is 4.79 Å². The number of hydrogen-bond donors (Lipinski definition) is 1. The lowest BCUT2D eigenvalue weighted by molar-refractivity contribution is -0.113. The normalized spacial score (nSPS) is 10.6. The van der Waals surface area contributed by atoms with Gasteiger partial charge in [-0.15, -0.1) is 0 Å². The zero-order valence-corrected chi connectivity index (χ0v) is 12.4. The number of aromatic nitrogens is 2. The molecule has 0 saturated carbocycles. The Morgan fingerprint density at radius 3 is 2.70 bits per heavy atom. The Morgan fingerprint density at radius 1 is 1.25 bits per heavy atom. The van der Waals surface area contributed by atoms with E-state index in [2.05, 4.69) is 29.1 Å². The Labute approximate surface area is 123 Å². The van der Waals surface area contributed by atoms with E-state index in [1.807, 2.05) is 36.4 Å². The van der Waals surface area contributed by atoms with E-state index in [-0.39, 0.29) is 5.91 Å². The fraction of sp³-hybridized carbons (Fsp3) is 0.267. The number of rotatable bonds is 5. The molecule has 104 valence electrons. The van der Waals surface area contributed by atoms with E-state index in [0.29, 0.717) is 11.7 Å². The third-order valence-electron chi connectivity index (χ3n) is 2.66. The maximum atomic E-state index is 11.8. The molecule has 0 saturated heterocycles. The maximum absolute atomic E-state index is 11.8. The third kappa shape index (κ3) is 4.35. The molecule has 2 rings (SSSR count). The molecule has 0 fully saturated rings. The van der Waals surface area contributed by atoms with Crippen LogP contribution in [-0.2, 0) is 4.79 Å². The van der Waals surface area contributed by atoms with Crippen LogP contribution in [0.5, 0.6) is 0 Å². The number of carbonyl (C=O) groups excluding carboxylic acids is 1. The van der Waals surface area contributed by atoms with Crippen molar-refractivity contribution in [2.75, 3.05) is 11.1 Å². The molecule has 1 aromatic heterocycles. The molecule has 0 aliphatic heterocycles. The second-order valence-electron chi connectivity index (χ2n) is 4.64. The van der Waals surface area contributed by atoms with Crippen LogP contribution in [0.1, 0.15) is 25.5 Å². The Kier molecular flexibility index (Phi) is 5.12. The van der Waals surface area contributed by atoms with Crippen LogP contribution >= 0.6 is 11.8 Å². The number of nitrogens with zero attached hydrogens (tertiary/aromatic N) is 2. The van der Waals surface area contributed by atoms with Gasteiger partial charge in [0.05, 0.1) is 5.75 Å². The minimum Gasteiger partial charge on any atom is -0.325 e. The van der Waals surface area contributed by atoms with Gasteiger partial charge >= 0.3 is 0 Å². The topological polar surface area (TPSA) is 54.9 Å². The highest BCUT2D eigenvalue weighted by atomic mass is 32.2. The van der Waals surface area contributed by atoms with Gasteiger partial charge in [-0.3, -0.25) is 4.79 Å². The van der Waals surface area contributed by atoms with Crippen LogP contribution in [0, 0.1) is 0 Å². The number of anilines is 1. The van der Waals surface area contributed by atoms with Crippen molar-refractivity contribution in [1.29, 1.82) is 0 Å². The lowest BCUT2D eigenvalue weighted by atomic mass is 10.1. The molecule has 0 aliphatic rings. The highest BCUT2D eigenvalue weighted by Crippen LogP contribution is 2.19. The summed E-state index contributed by atoms with van der Waals surface area (Å²) >= 11 is 1.42. The van der Waals surface area contributed by atoms with Crippen molar-refractivity contribution in [3.05, 3.63) is 48.4 Å². The standard InChI is InChI=1S/C15H17N3OS/c1-11(2)13-8-15(17-10-16-13)20-9-14(19)18-12-6-4-3-5-7-12/h3-8,10-11H,9H2,1-2H3,(H,18,19). The largest absolute Gasteiger partial charge is 0.325 e. The van der Waals surface area contributed by atoms with Crippen LogP contribution in [-0.4, -0.2) is 21.6 Å². The predicted octanol–water partition coefficient (Wildman–Crippen LogP) is 3.33. The van der Waals surface area contributed by atoms with Gasteiger partial charge in [0.1, 0.15) is 11.4 Å². The van der Waals surface area contributed by atoms with Gasteiger partial charge in [0.15, 0.2) is 0 Å². The van der Waals surface area contributed by atoms with Crippen molar-refractivity contribution in [3.8, 4) is 0 Å². The highest BCUT2D eigenvalue weighted by Gasteiger charge is 2.07. The molecule has 1 amide bonds. The minimum absolute atomic E-state index is 0.0362. The molecule has 5 heteroatoms. The van der Waals surface area contributed by atoms with Gasteiger partial charge < -0.3 is 5.32 Å². The molecule has 0 spiro atoms. The SMILES string of the molecule is CC(C)c1cc(SCC(=O)Nc2ccccc2)ncn1. The van der Waals surface area contributed by atoms with E-state index >= 15 is 0 Å². The molecule has 20 heavy (non-hydrogen) atoms. The Balaban J connectivity index is 1.89. The number of thioether (sulfide) groups is 1. The van der Waals surface area contributed by atoms with Crippen LogP contribution in [0.3, 0.4) is 0 Å². The van der Waals surface area contributed by atoms with Crippen molar-refractivity contribution in [3.63, 3.8) is 0 Å². The Bertz CT molecular complexity index is 572. The first-order valence-electron chi connectivity index (χ1n) is 6.45. The van der Waals surface area contributed by atoms with Crippen molar-refractivity contribution in [2.24, 2.45) is 0 Å². The second kappa shape index (κ2) is 7.05. The summed E-state index contributed by atoms with van der Waals surface area (Å²) in [6.07, 6.45) is 1.55. The molecule has 0 unspecified atom stereocenters. The van der Waals surface area contributed by atoms with Gasteiger partial charge in [-0.05, 0) is 24.1 Å². The van der Waals surface area contributed by atoms with E-state index in [0.717, 1.165) is 16.4 Å². The molecular weight excluding hydrogens is 270 g/mol. The molecule has 1 N–H and O–H groups in total. The van der Waals surface area contributed by atoms with Crippen LogP contribution < -0.4 is 5.32 Å². The van der Waals surface area contributed by atoms with Crippen LogP contribution in [0.25, 0.3) is 0 Å². The summed E-state index contributed by atoms with van der Waals surface area (Å²) in [5.41, 5.74) is 1.80. The third-order valence-corrected chi connectivity index (χ3v) is 3.59. The first-order chi connectivity index (χ1) is 9.65. The van der Waals surface area contributed by atoms with Crippen LogP contribution in [0.4, 0.5) is 5.69 Å². The van der Waals surface area contributed by atoms with Crippen molar-refractivity contribution in [2.45, 2.75) is 24.8 Å². The van der Waals surface area contributed by atoms with Crippen LogP contribution in [0.15, 0.2) is 47.8 Å². The summed E-state index contributed by atoms with van der Waals surface area (Å²) in [6, 6.07) is 11.4. The first kappa shape index (κ1) is 14.5. The smallest absolute Gasteiger partial charge is 0.234 e. The Hall–Kier alpha value is -1.88. The number of amides is 1. The van der Waals surface area contributed by atoms with Gasteiger partial charge in [0, 0.05) is 11.4 Å². The highest BCUT2D eigenvalue weighted by molar-refractivity contribution is 7.99. The van der Waals surface area contributed by atoms with Crippen molar-refractivity contribution < 1.29 is 4.79 Å². The van der Waals surface area contributed by atoms with E-state index in [1.54, 1.807) is 6.33 Å².